The van der Waals surface area contributed by atoms with Crippen molar-refractivity contribution in [2.45, 2.75) is 96.3 Å². The zero-order chi connectivity index (χ0) is 42.3. The van der Waals surface area contributed by atoms with Gasteiger partial charge in [-0.3, -0.25) is 0 Å². The summed E-state index contributed by atoms with van der Waals surface area (Å²) >= 11 is 0. The monoisotopic (exact) mass is 810 g/mol. The molecule has 0 fully saturated rings. The molecule has 0 unspecified atom stereocenters. The van der Waals surface area contributed by atoms with E-state index in [0.717, 1.165) is 35.1 Å². The first-order valence-corrected chi connectivity index (χ1v) is 23.8. The van der Waals surface area contributed by atoms with Gasteiger partial charge < -0.3 is 0 Å². The van der Waals surface area contributed by atoms with Crippen molar-refractivity contribution < 1.29 is 0 Å². The fraction of sp³-hybridized carbons (Fsp3) is 0.238. The smallest absolute Gasteiger partial charge is 0.0328 e. The fourth-order valence-corrected chi connectivity index (χ4v) is 11.3. The zero-order valence-electron chi connectivity index (χ0n) is 36.8. The number of hydrogen-bond donors (Lipinski definition) is 0. The molecule has 0 aliphatic heterocycles. The van der Waals surface area contributed by atoms with Crippen molar-refractivity contribution in [3.63, 3.8) is 0 Å². The summed E-state index contributed by atoms with van der Waals surface area (Å²) in [5.74, 6) is 14.8. The molecule has 0 amide bonds. The normalized spacial score (nSPS) is 12.9. The summed E-state index contributed by atoms with van der Waals surface area (Å²) in [6.45, 7) is 4.63. The summed E-state index contributed by atoms with van der Waals surface area (Å²) in [4.78, 5) is 0. The molecule has 11 rings (SSSR count). The van der Waals surface area contributed by atoms with Gasteiger partial charge in [-0.1, -0.05) is 211 Å². The van der Waals surface area contributed by atoms with E-state index in [1.54, 1.807) is 0 Å². The lowest BCUT2D eigenvalue weighted by molar-refractivity contribution is 0.399. The average molecular weight is 811 g/mol. The summed E-state index contributed by atoms with van der Waals surface area (Å²) in [5.41, 5.74) is 10.0. The molecule has 10 aromatic rings. The molecule has 63 heavy (non-hydrogen) atoms. The molecule has 0 heteroatoms. The van der Waals surface area contributed by atoms with E-state index in [1.165, 1.54) is 151 Å². The van der Waals surface area contributed by atoms with Gasteiger partial charge in [0.1, 0.15) is 0 Å². The van der Waals surface area contributed by atoms with Crippen LogP contribution in [-0.4, -0.2) is 0 Å². The van der Waals surface area contributed by atoms with E-state index in [-0.39, 0.29) is 5.41 Å². The molecule has 10 aromatic carbocycles. The summed E-state index contributed by atoms with van der Waals surface area (Å²) in [5, 5.41) is 15.5. The molecule has 0 saturated carbocycles. The molecule has 0 bridgehead atoms. The highest BCUT2D eigenvalue weighted by molar-refractivity contribution is 6.25. The van der Waals surface area contributed by atoms with Crippen molar-refractivity contribution in [3.05, 3.63) is 179 Å². The van der Waals surface area contributed by atoms with Gasteiger partial charge in [-0.25, -0.2) is 0 Å². The Balaban J connectivity index is 1.00. The van der Waals surface area contributed by atoms with Crippen LogP contribution in [0.5, 0.6) is 0 Å². The van der Waals surface area contributed by atoms with Crippen LogP contribution >= 0.6 is 0 Å². The number of rotatable bonds is 12. The third kappa shape index (κ3) is 6.89. The predicted molar refractivity (Wildman–Crippen MR) is 272 cm³/mol. The van der Waals surface area contributed by atoms with Crippen LogP contribution in [0.15, 0.2) is 146 Å². The van der Waals surface area contributed by atoms with Crippen molar-refractivity contribution in [3.8, 4) is 34.8 Å². The minimum atomic E-state index is -0.0710. The number of benzene rings is 10. The number of hydrogen-bond acceptors (Lipinski definition) is 0. The second kappa shape index (κ2) is 16.6. The SMILES string of the molecule is CCCCCCCC1(CCCCCCC)c2cc(C#Cc3ccc4ccc5cccc6ccc3c4c56)ccc2-c2ccc(C#Cc3ccc4ccc5cccc6ccc3c4c56)cc21. The molecule has 1 aliphatic carbocycles. The first-order valence-electron chi connectivity index (χ1n) is 23.8. The maximum Gasteiger partial charge on any atom is 0.0328 e. The number of fused-ring (bicyclic) bond motifs is 3. The van der Waals surface area contributed by atoms with E-state index in [2.05, 4.69) is 183 Å². The number of unbranched alkanes of at least 4 members (excludes halogenated alkanes) is 8. The van der Waals surface area contributed by atoms with Crippen LogP contribution in [0.2, 0.25) is 0 Å². The quantitative estimate of drug-likeness (QED) is 0.0655. The van der Waals surface area contributed by atoms with Crippen LogP contribution in [0.3, 0.4) is 0 Å². The largest absolute Gasteiger partial charge is 0.0654 e. The minimum absolute atomic E-state index is 0.0710. The van der Waals surface area contributed by atoms with Crippen LogP contribution in [-0.2, 0) is 5.41 Å². The van der Waals surface area contributed by atoms with E-state index in [9.17, 15) is 0 Å². The third-order valence-corrected chi connectivity index (χ3v) is 14.5. The van der Waals surface area contributed by atoms with Crippen LogP contribution in [0.4, 0.5) is 0 Å². The Bertz CT molecular complexity index is 3180. The second-order valence-electron chi connectivity index (χ2n) is 18.4. The van der Waals surface area contributed by atoms with E-state index in [0.29, 0.717) is 0 Å². The highest BCUT2D eigenvalue weighted by Gasteiger charge is 2.42. The van der Waals surface area contributed by atoms with Crippen molar-refractivity contribution in [2.75, 3.05) is 0 Å². The fourth-order valence-electron chi connectivity index (χ4n) is 11.3. The zero-order valence-corrected chi connectivity index (χ0v) is 36.8. The summed E-state index contributed by atoms with van der Waals surface area (Å²) in [7, 11) is 0. The van der Waals surface area contributed by atoms with Gasteiger partial charge in [-0.15, -0.1) is 0 Å². The minimum Gasteiger partial charge on any atom is -0.0654 e. The Kier molecular flexibility index (Phi) is 10.3. The molecule has 0 atom stereocenters. The van der Waals surface area contributed by atoms with E-state index < -0.39 is 0 Å². The van der Waals surface area contributed by atoms with Crippen LogP contribution in [0.1, 0.15) is 124 Å². The third-order valence-electron chi connectivity index (χ3n) is 14.5. The molecule has 0 aromatic heterocycles. The molecule has 0 heterocycles. The van der Waals surface area contributed by atoms with Crippen molar-refractivity contribution in [2.24, 2.45) is 0 Å². The van der Waals surface area contributed by atoms with Crippen molar-refractivity contribution >= 4 is 64.6 Å². The molecule has 1 aliphatic rings. The second-order valence-corrected chi connectivity index (χ2v) is 18.4. The standard InChI is InChI=1S/C63H54/c1-3-5-7-9-11-39-63(40-12-10-8-6-4-2)57-41-43(19-23-45-25-27-51-31-29-47-15-13-17-49-33-37-53(45)61(51)59(47)49)21-35-55(57)56-36-22-44(42-58(56)63)20-24-46-26-28-52-32-30-48-16-14-18-50-34-38-54(46)62(52)60(48)50/h13-18,21-22,25-38,41-42H,3-12,39-40H2,1-2H3. The molecule has 0 N–H and O–H groups in total. The maximum atomic E-state index is 3.71. The first kappa shape index (κ1) is 39.3. The van der Waals surface area contributed by atoms with Gasteiger partial charge in [0.15, 0.2) is 0 Å². The topological polar surface area (TPSA) is 0 Å². The molecular formula is C63H54. The van der Waals surface area contributed by atoms with Gasteiger partial charge in [0.2, 0.25) is 0 Å². The van der Waals surface area contributed by atoms with Gasteiger partial charge in [-0.05, 0) is 136 Å². The van der Waals surface area contributed by atoms with Crippen LogP contribution < -0.4 is 0 Å². The lowest BCUT2D eigenvalue weighted by Gasteiger charge is -2.33. The molecule has 0 saturated heterocycles. The Morgan fingerprint density at radius 2 is 0.730 bits per heavy atom. The van der Waals surface area contributed by atoms with Gasteiger partial charge in [0, 0.05) is 27.7 Å². The van der Waals surface area contributed by atoms with Gasteiger partial charge in [0.05, 0.1) is 0 Å². The summed E-state index contributed by atoms with van der Waals surface area (Å²) < 4.78 is 0. The highest BCUT2D eigenvalue weighted by Crippen LogP contribution is 2.55. The Morgan fingerprint density at radius 3 is 1.16 bits per heavy atom. The van der Waals surface area contributed by atoms with E-state index in [1.807, 2.05) is 0 Å². The summed E-state index contributed by atoms with van der Waals surface area (Å²) in [6, 6.07) is 54.6. The summed E-state index contributed by atoms with van der Waals surface area (Å²) in [6.07, 6.45) is 15.1. The predicted octanol–water partition coefficient (Wildman–Crippen LogP) is 17.3. The van der Waals surface area contributed by atoms with Crippen LogP contribution in [0.25, 0.3) is 75.8 Å². The van der Waals surface area contributed by atoms with Gasteiger partial charge >= 0.3 is 0 Å². The molecule has 0 radical (unpaired) electrons. The Labute approximate surface area is 373 Å². The molecule has 0 spiro atoms. The Hall–Kier alpha value is -6.60. The first-order chi connectivity index (χ1) is 31.1. The highest BCUT2D eigenvalue weighted by atomic mass is 14.4. The van der Waals surface area contributed by atoms with Gasteiger partial charge in [0.25, 0.3) is 0 Å². The average Bonchev–Trinajstić information content (AvgIpc) is 3.59. The molecule has 0 nitrogen and oxygen atoms in total. The lowest BCUT2D eigenvalue weighted by atomic mass is 9.70. The van der Waals surface area contributed by atoms with Crippen LogP contribution in [0, 0.1) is 23.7 Å². The van der Waals surface area contributed by atoms with Gasteiger partial charge in [-0.2, -0.15) is 0 Å². The van der Waals surface area contributed by atoms with Crippen molar-refractivity contribution in [1.29, 1.82) is 0 Å². The van der Waals surface area contributed by atoms with E-state index in [4.69, 9.17) is 0 Å². The Morgan fingerprint density at radius 1 is 0.349 bits per heavy atom. The molecular weight excluding hydrogens is 757 g/mol. The maximum absolute atomic E-state index is 3.71. The van der Waals surface area contributed by atoms with E-state index >= 15 is 0 Å². The lowest BCUT2D eigenvalue weighted by Crippen LogP contribution is -2.26. The molecule has 306 valence electrons. The van der Waals surface area contributed by atoms with Crippen molar-refractivity contribution in [1.82, 2.24) is 0 Å².